The van der Waals surface area contributed by atoms with Gasteiger partial charge in [-0.1, -0.05) is 24.3 Å². The quantitative estimate of drug-likeness (QED) is 0.717. The van der Waals surface area contributed by atoms with Gasteiger partial charge >= 0.3 is 0 Å². The van der Waals surface area contributed by atoms with Crippen LogP contribution in [0.1, 0.15) is 0 Å². The summed E-state index contributed by atoms with van der Waals surface area (Å²) in [6, 6.07) is 8.06. The van der Waals surface area contributed by atoms with E-state index in [2.05, 4.69) is 17.1 Å². The van der Waals surface area contributed by atoms with Crippen LogP contribution in [0.15, 0.2) is 43.1 Å². The molecule has 0 amide bonds. The van der Waals surface area contributed by atoms with E-state index < -0.39 is 0 Å². The van der Waals surface area contributed by atoms with Crippen LogP contribution in [0.4, 0.5) is 0 Å². The van der Waals surface area contributed by atoms with Crippen molar-refractivity contribution in [3.05, 3.63) is 43.1 Å². The Labute approximate surface area is 76.6 Å². The van der Waals surface area contributed by atoms with Gasteiger partial charge in [0.15, 0.2) is 0 Å². The number of para-hydroxylation sites is 1. The van der Waals surface area contributed by atoms with Crippen molar-refractivity contribution < 1.29 is 0 Å². The Morgan fingerprint density at radius 1 is 1.46 bits per heavy atom. The predicted octanol–water partition coefficient (Wildman–Crippen LogP) is 1.77. The van der Waals surface area contributed by atoms with Gasteiger partial charge in [0, 0.05) is 5.39 Å². The fraction of sp³-hybridized carbons (Fsp3) is 0.100. The van der Waals surface area contributed by atoms with Crippen LogP contribution in [0.3, 0.4) is 0 Å². The third kappa shape index (κ3) is 1.40. The number of rotatable bonds is 3. The molecule has 1 aromatic heterocycles. The average molecular weight is 173 g/mol. The van der Waals surface area contributed by atoms with E-state index in [9.17, 15) is 0 Å². The third-order valence-corrected chi connectivity index (χ3v) is 1.86. The Balaban J connectivity index is 2.40. The van der Waals surface area contributed by atoms with Crippen LogP contribution in [-0.4, -0.2) is 16.4 Å². The lowest BCUT2D eigenvalue weighted by atomic mass is 10.3. The lowest BCUT2D eigenvalue weighted by molar-refractivity contribution is 0.788. The lowest BCUT2D eigenvalue weighted by Crippen LogP contribution is -2.15. The minimum atomic E-state index is 0.714. The maximum absolute atomic E-state index is 4.19. The first-order valence-corrected chi connectivity index (χ1v) is 4.19. The number of nitrogens with zero attached hydrogens (tertiary/aromatic N) is 2. The van der Waals surface area contributed by atoms with Gasteiger partial charge in [0.2, 0.25) is 0 Å². The minimum Gasteiger partial charge on any atom is -0.306 e. The van der Waals surface area contributed by atoms with Gasteiger partial charge in [0.05, 0.1) is 18.3 Å². The fourth-order valence-electron chi connectivity index (χ4n) is 1.25. The van der Waals surface area contributed by atoms with E-state index in [4.69, 9.17) is 0 Å². The number of fused-ring (bicyclic) bond motifs is 1. The van der Waals surface area contributed by atoms with Gasteiger partial charge < -0.3 is 5.43 Å². The van der Waals surface area contributed by atoms with Crippen molar-refractivity contribution >= 4 is 10.9 Å². The van der Waals surface area contributed by atoms with Crippen molar-refractivity contribution in [3.63, 3.8) is 0 Å². The Kier molecular flexibility index (Phi) is 2.00. The van der Waals surface area contributed by atoms with Gasteiger partial charge in [-0.2, -0.15) is 9.89 Å². The van der Waals surface area contributed by atoms with E-state index in [0.29, 0.717) is 6.54 Å². The predicted molar refractivity (Wildman–Crippen MR) is 54.2 cm³/mol. The zero-order valence-electron chi connectivity index (χ0n) is 7.27. The second-order valence-corrected chi connectivity index (χ2v) is 2.77. The fourth-order valence-corrected chi connectivity index (χ4v) is 1.25. The van der Waals surface area contributed by atoms with Crippen molar-refractivity contribution in [2.24, 2.45) is 0 Å². The smallest absolute Gasteiger partial charge is 0.0918 e. The number of aromatic nitrogens is 2. The van der Waals surface area contributed by atoms with Gasteiger partial charge in [-0.3, -0.25) is 0 Å². The molecule has 3 heteroatoms. The molecule has 0 bridgehead atoms. The highest BCUT2D eigenvalue weighted by atomic mass is 15.5. The van der Waals surface area contributed by atoms with Crippen LogP contribution in [-0.2, 0) is 0 Å². The summed E-state index contributed by atoms with van der Waals surface area (Å²) in [6.07, 6.45) is 3.64. The van der Waals surface area contributed by atoms with Crippen LogP contribution >= 0.6 is 0 Å². The van der Waals surface area contributed by atoms with E-state index in [1.54, 1.807) is 10.9 Å². The molecule has 0 radical (unpaired) electrons. The zero-order valence-corrected chi connectivity index (χ0v) is 7.27. The molecule has 2 rings (SSSR count). The van der Waals surface area contributed by atoms with Crippen molar-refractivity contribution in [2.45, 2.75) is 0 Å². The van der Waals surface area contributed by atoms with Gasteiger partial charge in [-0.05, 0) is 6.07 Å². The SMILES string of the molecule is C=CCNn1ncc2ccccc21. The molecule has 0 saturated heterocycles. The second kappa shape index (κ2) is 3.31. The molecule has 0 saturated carbocycles. The molecule has 3 nitrogen and oxygen atoms in total. The van der Waals surface area contributed by atoms with Gasteiger partial charge in [0.25, 0.3) is 0 Å². The Morgan fingerprint density at radius 3 is 3.15 bits per heavy atom. The first-order valence-electron chi connectivity index (χ1n) is 4.19. The molecule has 66 valence electrons. The van der Waals surface area contributed by atoms with Crippen LogP contribution in [0.2, 0.25) is 0 Å². The number of nitrogens with one attached hydrogen (secondary N) is 1. The Hall–Kier alpha value is -1.77. The van der Waals surface area contributed by atoms with Crippen molar-refractivity contribution in [1.82, 2.24) is 9.89 Å². The summed E-state index contributed by atoms with van der Waals surface area (Å²) in [7, 11) is 0. The van der Waals surface area contributed by atoms with Crippen LogP contribution < -0.4 is 5.43 Å². The second-order valence-electron chi connectivity index (χ2n) is 2.77. The largest absolute Gasteiger partial charge is 0.306 e. The van der Waals surface area contributed by atoms with Crippen molar-refractivity contribution in [3.8, 4) is 0 Å². The summed E-state index contributed by atoms with van der Waals surface area (Å²) >= 11 is 0. The lowest BCUT2D eigenvalue weighted by Gasteiger charge is -2.03. The van der Waals surface area contributed by atoms with Gasteiger partial charge in [-0.25, -0.2) is 0 Å². The average Bonchev–Trinajstić information content (AvgIpc) is 2.58. The van der Waals surface area contributed by atoms with Gasteiger partial charge in [0.1, 0.15) is 0 Å². The highest BCUT2D eigenvalue weighted by molar-refractivity contribution is 5.78. The monoisotopic (exact) mass is 173 g/mol. The van der Waals surface area contributed by atoms with E-state index >= 15 is 0 Å². The molecule has 1 aromatic carbocycles. The molecular formula is C10H11N3. The summed E-state index contributed by atoms with van der Waals surface area (Å²) in [5.74, 6) is 0. The minimum absolute atomic E-state index is 0.714. The number of hydrogen-bond acceptors (Lipinski definition) is 2. The van der Waals surface area contributed by atoms with Crippen LogP contribution in [0.5, 0.6) is 0 Å². The van der Waals surface area contributed by atoms with E-state index in [-0.39, 0.29) is 0 Å². The topological polar surface area (TPSA) is 29.9 Å². The molecule has 0 aliphatic heterocycles. The standard InChI is InChI=1S/C10H11N3/c1-2-7-11-13-10-6-4-3-5-9(10)8-12-13/h2-6,8,11H,1,7H2. The summed E-state index contributed by atoms with van der Waals surface area (Å²) in [5, 5.41) is 5.33. The molecule has 0 aliphatic rings. The third-order valence-electron chi connectivity index (χ3n) is 1.86. The molecule has 13 heavy (non-hydrogen) atoms. The molecule has 0 atom stereocenters. The highest BCUT2D eigenvalue weighted by Gasteiger charge is 1.98. The molecule has 1 heterocycles. The van der Waals surface area contributed by atoms with Gasteiger partial charge in [-0.15, -0.1) is 6.58 Å². The summed E-state index contributed by atoms with van der Waals surface area (Å²) in [4.78, 5) is 1.76. The maximum Gasteiger partial charge on any atom is 0.0918 e. The van der Waals surface area contributed by atoms with E-state index in [1.165, 1.54) is 0 Å². The Morgan fingerprint density at radius 2 is 2.31 bits per heavy atom. The number of benzene rings is 1. The van der Waals surface area contributed by atoms with Crippen molar-refractivity contribution in [1.29, 1.82) is 0 Å². The molecule has 0 unspecified atom stereocenters. The molecule has 1 N–H and O–H groups in total. The summed E-state index contributed by atoms with van der Waals surface area (Å²) < 4.78 is 0. The van der Waals surface area contributed by atoms with Crippen LogP contribution in [0.25, 0.3) is 10.9 Å². The summed E-state index contributed by atoms with van der Waals surface area (Å²) in [5.41, 5.74) is 4.19. The molecule has 0 fully saturated rings. The summed E-state index contributed by atoms with van der Waals surface area (Å²) in [6.45, 7) is 4.35. The normalized spacial score (nSPS) is 10.2. The number of hydrogen-bond donors (Lipinski definition) is 1. The molecule has 0 spiro atoms. The molecule has 0 aliphatic carbocycles. The van der Waals surface area contributed by atoms with Crippen LogP contribution in [0, 0.1) is 0 Å². The first kappa shape index (κ1) is 7.86. The van der Waals surface area contributed by atoms with Crippen molar-refractivity contribution in [2.75, 3.05) is 12.0 Å². The maximum atomic E-state index is 4.19. The van der Waals surface area contributed by atoms with E-state index in [1.807, 2.05) is 30.5 Å². The van der Waals surface area contributed by atoms with E-state index in [0.717, 1.165) is 10.9 Å². The first-order chi connectivity index (χ1) is 6.42. The molecular weight excluding hydrogens is 162 g/mol. The Bertz CT molecular complexity index is 417. The highest BCUT2D eigenvalue weighted by Crippen LogP contribution is 2.10. The zero-order chi connectivity index (χ0) is 9.10. The molecule has 2 aromatic rings.